The highest BCUT2D eigenvalue weighted by Crippen LogP contribution is 2.35. The molecule has 0 aliphatic heterocycles. The molecule has 0 aliphatic carbocycles. The summed E-state index contributed by atoms with van der Waals surface area (Å²) in [5, 5.41) is 8.16. The van der Waals surface area contributed by atoms with E-state index in [0.717, 1.165) is 28.1 Å². The lowest BCUT2D eigenvalue weighted by atomic mass is 10.1. The fraction of sp³-hybridized carbons (Fsp3) is 0.143. The van der Waals surface area contributed by atoms with E-state index < -0.39 is 0 Å². The first kappa shape index (κ1) is 11.5. The Balaban J connectivity index is 2.21. The molecule has 0 radical (unpaired) electrons. The van der Waals surface area contributed by atoms with Crippen LogP contribution in [0.1, 0.15) is 0 Å². The molecule has 0 saturated carbocycles. The molecule has 0 amide bonds. The van der Waals surface area contributed by atoms with Crippen LogP contribution in [0, 0.1) is 0 Å². The summed E-state index contributed by atoms with van der Waals surface area (Å²) in [5.74, 6) is 1.48. The van der Waals surface area contributed by atoms with E-state index in [9.17, 15) is 0 Å². The number of aromatic amines is 1. The van der Waals surface area contributed by atoms with Gasteiger partial charge in [-0.3, -0.25) is 5.10 Å². The van der Waals surface area contributed by atoms with Gasteiger partial charge in [0, 0.05) is 23.2 Å². The van der Waals surface area contributed by atoms with E-state index in [2.05, 4.69) is 15.2 Å². The Morgan fingerprint density at radius 2 is 2.00 bits per heavy atom. The summed E-state index contributed by atoms with van der Waals surface area (Å²) in [7, 11) is 3.26. The summed E-state index contributed by atoms with van der Waals surface area (Å²) in [4.78, 5) is 4.21. The van der Waals surface area contributed by atoms with Gasteiger partial charge in [-0.25, -0.2) is 4.98 Å². The molecule has 96 valence electrons. The van der Waals surface area contributed by atoms with Crippen molar-refractivity contribution >= 4 is 11.0 Å². The van der Waals surface area contributed by atoms with Crippen LogP contribution in [0.3, 0.4) is 0 Å². The quantitative estimate of drug-likeness (QED) is 0.781. The maximum absolute atomic E-state index is 5.41. The van der Waals surface area contributed by atoms with Crippen LogP contribution >= 0.6 is 0 Å². The van der Waals surface area contributed by atoms with Crippen LogP contribution in [0.5, 0.6) is 11.5 Å². The molecule has 3 aromatic rings. The van der Waals surface area contributed by atoms with E-state index in [4.69, 9.17) is 9.47 Å². The van der Waals surface area contributed by atoms with Crippen LogP contribution in [0.15, 0.2) is 36.5 Å². The second-order valence-corrected chi connectivity index (χ2v) is 4.04. The van der Waals surface area contributed by atoms with Gasteiger partial charge in [-0.05, 0) is 24.3 Å². The average molecular weight is 255 g/mol. The molecular formula is C14H13N3O2. The number of rotatable bonds is 3. The number of pyridine rings is 1. The maximum atomic E-state index is 5.41. The van der Waals surface area contributed by atoms with Gasteiger partial charge in [0.2, 0.25) is 0 Å². The monoisotopic (exact) mass is 255 g/mol. The lowest BCUT2D eigenvalue weighted by molar-refractivity contribution is 0.395. The summed E-state index contributed by atoms with van der Waals surface area (Å²) < 4.78 is 10.6. The smallest absolute Gasteiger partial charge is 0.181 e. The van der Waals surface area contributed by atoms with Crippen LogP contribution in [-0.4, -0.2) is 29.4 Å². The molecule has 2 heterocycles. The summed E-state index contributed by atoms with van der Waals surface area (Å²) in [6, 6.07) is 9.54. The second-order valence-electron chi connectivity index (χ2n) is 4.04. The number of nitrogens with one attached hydrogen (secondary N) is 1. The van der Waals surface area contributed by atoms with Crippen molar-refractivity contribution in [3.63, 3.8) is 0 Å². The number of H-pyrrole nitrogens is 1. The van der Waals surface area contributed by atoms with Crippen LogP contribution in [0.4, 0.5) is 0 Å². The highest BCUT2D eigenvalue weighted by molar-refractivity contribution is 5.92. The molecule has 1 N–H and O–H groups in total. The summed E-state index contributed by atoms with van der Waals surface area (Å²) >= 11 is 0. The highest BCUT2D eigenvalue weighted by atomic mass is 16.5. The SMILES string of the molecule is COc1ccc(-c2[nH]nc3ncccc23)c(OC)c1. The lowest BCUT2D eigenvalue weighted by Crippen LogP contribution is -1.91. The topological polar surface area (TPSA) is 60.0 Å². The highest BCUT2D eigenvalue weighted by Gasteiger charge is 2.13. The number of hydrogen-bond acceptors (Lipinski definition) is 4. The number of ether oxygens (including phenoxy) is 2. The Bertz CT molecular complexity index is 722. The molecule has 3 rings (SSSR count). The minimum Gasteiger partial charge on any atom is -0.497 e. The largest absolute Gasteiger partial charge is 0.497 e. The number of aromatic nitrogens is 3. The molecule has 0 bridgehead atoms. The number of nitrogens with zero attached hydrogens (tertiary/aromatic N) is 2. The number of benzene rings is 1. The van der Waals surface area contributed by atoms with Crippen molar-refractivity contribution in [2.45, 2.75) is 0 Å². The number of hydrogen-bond donors (Lipinski definition) is 1. The second kappa shape index (κ2) is 4.61. The van der Waals surface area contributed by atoms with E-state index in [1.54, 1.807) is 20.4 Å². The summed E-state index contributed by atoms with van der Waals surface area (Å²) in [5.41, 5.74) is 2.51. The van der Waals surface area contributed by atoms with Gasteiger partial charge in [-0.15, -0.1) is 0 Å². The Morgan fingerprint density at radius 1 is 1.11 bits per heavy atom. The minimum absolute atomic E-state index is 0.690. The molecule has 0 fully saturated rings. The molecule has 0 saturated heterocycles. The fourth-order valence-corrected chi connectivity index (χ4v) is 2.06. The molecular weight excluding hydrogens is 242 g/mol. The van der Waals surface area contributed by atoms with Gasteiger partial charge >= 0.3 is 0 Å². The normalized spacial score (nSPS) is 10.6. The van der Waals surface area contributed by atoms with Crippen LogP contribution in [-0.2, 0) is 0 Å². The Hall–Kier alpha value is -2.56. The van der Waals surface area contributed by atoms with Crippen molar-refractivity contribution in [2.75, 3.05) is 14.2 Å². The first-order chi connectivity index (χ1) is 9.33. The van der Waals surface area contributed by atoms with Gasteiger partial charge in [0.05, 0.1) is 19.9 Å². The van der Waals surface area contributed by atoms with E-state index in [-0.39, 0.29) is 0 Å². The zero-order chi connectivity index (χ0) is 13.2. The van der Waals surface area contributed by atoms with E-state index in [1.807, 2.05) is 30.3 Å². The van der Waals surface area contributed by atoms with E-state index in [1.165, 1.54) is 0 Å². The average Bonchev–Trinajstić information content (AvgIpc) is 2.90. The van der Waals surface area contributed by atoms with Crippen molar-refractivity contribution in [1.29, 1.82) is 0 Å². The first-order valence-electron chi connectivity index (χ1n) is 5.85. The Kier molecular flexibility index (Phi) is 2.79. The predicted octanol–water partition coefficient (Wildman–Crippen LogP) is 2.64. The molecule has 0 unspecified atom stereocenters. The first-order valence-corrected chi connectivity index (χ1v) is 5.85. The Labute approximate surface area is 110 Å². The molecule has 0 atom stereocenters. The van der Waals surface area contributed by atoms with Gasteiger partial charge in [-0.1, -0.05) is 0 Å². The minimum atomic E-state index is 0.690. The Morgan fingerprint density at radius 3 is 2.79 bits per heavy atom. The third kappa shape index (κ3) is 1.89. The van der Waals surface area contributed by atoms with Crippen LogP contribution in [0.25, 0.3) is 22.3 Å². The van der Waals surface area contributed by atoms with Crippen molar-refractivity contribution in [2.24, 2.45) is 0 Å². The summed E-state index contributed by atoms with van der Waals surface area (Å²) in [6.07, 6.45) is 1.72. The molecule has 0 spiro atoms. The van der Waals surface area contributed by atoms with Crippen LogP contribution in [0.2, 0.25) is 0 Å². The maximum Gasteiger partial charge on any atom is 0.181 e. The number of methoxy groups -OCH3 is 2. The van der Waals surface area contributed by atoms with Gasteiger partial charge < -0.3 is 9.47 Å². The van der Waals surface area contributed by atoms with Crippen molar-refractivity contribution < 1.29 is 9.47 Å². The lowest BCUT2D eigenvalue weighted by Gasteiger charge is -2.09. The van der Waals surface area contributed by atoms with Gasteiger partial charge in [-0.2, -0.15) is 5.10 Å². The van der Waals surface area contributed by atoms with Gasteiger partial charge in [0.25, 0.3) is 0 Å². The van der Waals surface area contributed by atoms with Crippen molar-refractivity contribution in [3.05, 3.63) is 36.5 Å². The molecule has 0 aliphatic rings. The summed E-state index contributed by atoms with van der Waals surface area (Å²) in [6.45, 7) is 0. The van der Waals surface area contributed by atoms with E-state index in [0.29, 0.717) is 5.65 Å². The third-order valence-corrected chi connectivity index (χ3v) is 3.01. The predicted molar refractivity (Wildman–Crippen MR) is 72.4 cm³/mol. The van der Waals surface area contributed by atoms with Crippen LogP contribution < -0.4 is 9.47 Å². The van der Waals surface area contributed by atoms with Crippen molar-refractivity contribution in [3.8, 4) is 22.8 Å². The van der Waals surface area contributed by atoms with Crippen molar-refractivity contribution in [1.82, 2.24) is 15.2 Å². The molecule has 5 nitrogen and oxygen atoms in total. The fourth-order valence-electron chi connectivity index (χ4n) is 2.06. The molecule has 19 heavy (non-hydrogen) atoms. The standard InChI is InChI=1S/C14H13N3O2/c1-18-9-5-6-10(12(8-9)19-2)13-11-4-3-7-15-14(11)17-16-13/h3-8H,1-2H3,(H,15,16,17). The third-order valence-electron chi connectivity index (χ3n) is 3.01. The zero-order valence-corrected chi connectivity index (χ0v) is 10.7. The van der Waals surface area contributed by atoms with Gasteiger partial charge in [0.15, 0.2) is 5.65 Å². The zero-order valence-electron chi connectivity index (χ0n) is 10.7. The molecule has 5 heteroatoms. The molecule has 2 aromatic heterocycles. The van der Waals surface area contributed by atoms with Gasteiger partial charge in [0.1, 0.15) is 11.5 Å². The molecule has 1 aromatic carbocycles. The number of fused-ring (bicyclic) bond motifs is 1. The van der Waals surface area contributed by atoms with E-state index >= 15 is 0 Å².